The van der Waals surface area contributed by atoms with Gasteiger partial charge in [0.15, 0.2) is 0 Å². The van der Waals surface area contributed by atoms with Gasteiger partial charge < -0.3 is 31.6 Å². The summed E-state index contributed by atoms with van der Waals surface area (Å²) in [7, 11) is 3.29. The van der Waals surface area contributed by atoms with Gasteiger partial charge in [0.05, 0.1) is 37.4 Å². The van der Waals surface area contributed by atoms with Crippen molar-refractivity contribution in [2.75, 3.05) is 49.4 Å². The van der Waals surface area contributed by atoms with Gasteiger partial charge in [0.25, 0.3) is 11.8 Å². The Hall–Kier alpha value is -5.00. The maximum atomic E-state index is 13.2. The van der Waals surface area contributed by atoms with E-state index in [-0.39, 0.29) is 23.7 Å². The highest BCUT2D eigenvalue weighted by atomic mass is 16.5. The van der Waals surface area contributed by atoms with E-state index in [4.69, 9.17) is 20.9 Å². The van der Waals surface area contributed by atoms with Crippen molar-refractivity contribution >= 4 is 34.8 Å². The number of nitrogens with zero attached hydrogens (tertiary/aromatic N) is 4. The summed E-state index contributed by atoms with van der Waals surface area (Å²) in [5.41, 5.74) is 20.3. The molecule has 4 heterocycles. The monoisotopic (exact) mass is 652 g/mol. The normalized spacial score (nSPS) is 19.1. The Morgan fingerprint density at radius 2 is 1.27 bits per heavy atom. The first-order valence-electron chi connectivity index (χ1n) is 17.0. The number of methoxy groups -OCH3 is 2. The number of anilines is 4. The number of nitrogen functional groups attached to an aromatic ring is 2. The molecule has 48 heavy (non-hydrogen) atoms. The van der Waals surface area contributed by atoms with E-state index in [0.29, 0.717) is 11.6 Å². The van der Waals surface area contributed by atoms with Crippen molar-refractivity contribution in [3.8, 4) is 11.5 Å². The van der Waals surface area contributed by atoms with Gasteiger partial charge in [0, 0.05) is 47.7 Å². The van der Waals surface area contributed by atoms with Crippen LogP contribution in [0.1, 0.15) is 93.6 Å². The Morgan fingerprint density at radius 3 is 1.85 bits per heavy atom. The van der Waals surface area contributed by atoms with Gasteiger partial charge >= 0.3 is 0 Å². The molecule has 4 aliphatic rings. The summed E-state index contributed by atoms with van der Waals surface area (Å²) in [6.07, 6.45) is 9.59. The number of nitrogens with two attached hydrogens (primary N) is 2. The lowest BCUT2D eigenvalue weighted by Crippen LogP contribution is -2.29. The molecule has 0 spiro atoms. The number of nitrogens with one attached hydrogen (secondary N) is 2. The van der Waals surface area contributed by atoms with Gasteiger partial charge in [-0.3, -0.25) is 9.59 Å². The first-order valence-corrected chi connectivity index (χ1v) is 17.0. The highest BCUT2D eigenvalue weighted by Gasteiger charge is 2.33. The van der Waals surface area contributed by atoms with Crippen molar-refractivity contribution in [1.29, 1.82) is 0 Å². The fourth-order valence-electron chi connectivity index (χ4n) is 7.62. The maximum Gasteiger partial charge on any atom is 0.256 e. The van der Waals surface area contributed by atoms with Crippen LogP contribution in [0, 0.1) is 0 Å². The zero-order chi connectivity index (χ0) is 33.4. The molecule has 4 aromatic rings. The molecule has 0 fully saturated rings. The Kier molecular flexibility index (Phi) is 8.72. The lowest BCUT2D eigenvalue weighted by Gasteiger charge is -2.26. The second-order valence-electron chi connectivity index (χ2n) is 13.0. The molecule has 0 saturated heterocycles. The third kappa shape index (κ3) is 5.73. The van der Waals surface area contributed by atoms with Gasteiger partial charge in [-0.15, -0.1) is 5.10 Å². The summed E-state index contributed by atoms with van der Waals surface area (Å²) in [6.45, 7) is 1.51. The standard InChI is InChI=1S/2C18H22N4O2/c1-24-11-6-7-12-13(8-9-20-15(12)10-11)18(23)22-16-5-3-2-4-14(16)17(19)21-22;1-24-11-6-7-12-13(8-9-20-16(12)10-11)18(23)22-17(19)14-4-2-3-5-15(14)21-22/h6-7,10,13,20H,2-5,8-9H2,1H3,(H2,19,21);6-7,10,13,20H,2-5,8-9,19H2,1H3. The van der Waals surface area contributed by atoms with Crippen molar-refractivity contribution in [1.82, 2.24) is 19.6 Å². The number of benzene rings is 2. The van der Waals surface area contributed by atoms with Crippen molar-refractivity contribution in [2.45, 2.75) is 76.0 Å². The first-order chi connectivity index (χ1) is 23.4. The van der Waals surface area contributed by atoms with Gasteiger partial charge in [-0.1, -0.05) is 12.1 Å². The second kappa shape index (κ2) is 13.2. The number of carbonyl (C=O) groups excluding carboxylic acids is 2. The number of aryl methyl sites for hydroxylation is 1. The van der Waals surface area contributed by atoms with Gasteiger partial charge in [0.1, 0.15) is 23.1 Å². The van der Waals surface area contributed by atoms with Crippen LogP contribution < -0.4 is 31.6 Å². The quantitative estimate of drug-likeness (QED) is 0.231. The molecular weight excluding hydrogens is 608 g/mol. The molecule has 0 bridgehead atoms. The van der Waals surface area contributed by atoms with Gasteiger partial charge in [-0.25, -0.2) is 4.68 Å². The second-order valence-corrected chi connectivity index (χ2v) is 13.0. The third-order valence-corrected chi connectivity index (χ3v) is 10.2. The molecule has 6 N–H and O–H groups in total. The van der Waals surface area contributed by atoms with Crippen LogP contribution in [0.15, 0.2) is 36.4 Å². The Morgan fingerprint density at radius 1 is 0.729 bits per heavy atom. The molecule has 12 nitrogen and oxygen atoms in total. The minimum absolute atomic E-state index is 0.0257. The van der Waals surface area contributed by atoms with Crippen LogP contribution >= 0.6 is 0 Å². The van der Waals surface area contributed by atoms with Crippen LogP contribution in [0.5, 0.6) is 11.5 Å². The van der Waals surface area contributed by atoms with Gasteiger partial charge in [0.2, 0.25) is 0 Å². The fraction of sp³-hybridized carbons (Fsp3) is 0.444. The molecule has 2 unspecified atom stereocenters. The lowest BCUT2D eigenvalue weighted by atomic mass is 9.89. The molecule has 2 aromatic carbocycles. The van der Waals surface area contributed by atoms with Gasteiger partial charge in [-0.05, 0) is 87.5 Å². The van der Waals surface area contributed by atoms with Crippen molar-refractivity contribution in [2.24, 2.45) is 0 Å². The van der Waals surface area contributed by atoms with E-state index in [0.717, 1.165) is 134 Å². The molecule has 252 valence electrons. The van der Waals surface area contributed by atoms with E-state index >= 15 is 0 Å². The predicted octanol–water partition coefficient (Wildman–Crippen LogP) is 5.18. The molecule has 2 atom stereocenters. The SMILES string of the molecule is COc1ccc2c(c1)NCCC2C(=O)n1nc(N)c2c1CCCC2.COc1ccc2c(c1)NCCC2C(=O)n1nc2c(c1N)CCCC2. The smallest absolute Gasteiger partial charge is 0.256 e. The molecule has 0 saturated carbocycles. The van der Waals surface area contributed by atoms with Crippen LogP contribution in [-0.2, 0) is 25.7 Å². The average molecular weight is 653 g/mol. The zero-order valence-corrected chi connectivity index (χ0v) is 27.7. The highest BCUT2D eigenvalue weighted by Crippen LogP contribution is 2.38. The summed E-state index contributed by atoms with van der Waals surface area (Å²) in [5, 5.41) is 15.6. The molecule has 8 rings (SSSR count). The first kappa shape index (κ1) is 31.6. The van der Waals surface area contributed by atoms with Crippen LogP contribution in [0.2, 0.25) is 0 Å². The maximum absolute atomic E-state index is 13.2. The number of carbonyl (C=O) groups is 2. The van der Waals surface area contributed by atoms with E-state index in [2.05, 4.69) is 20.8 Å². The minimum Gasteiger partial charge on any atom is -0.497 e. The Labute approximate surface area is 280 Å². The summed E-state index contributed by atoms with van der Waals surface area (Å²) < 4.78 is 13.6. The van der Waals surface area contributed by atoms with Crippen molar-refractivity contribution < 1.29 is 19.1 Å². The van der Waals surface area contributed by atoms with Crippen LogP contribution in [0.4, 0.5) is 23.0 Å². The predicted molar refractivity (Wildman–Crippen MR) is 185 cm³/mol. The van der Waals surface area contributed by atoms with E-state index < -0.39 is 0 Å². The van der Waals surface area contributed by atoms with Crippen LogP contribution in [0.25, 0.3) is 0 Å². The van der Waals surface area contributed by atoms with Crippen molar-refractivity contribution in [3.63, 3.8) is 0 Å². The number of hydrogen-bond donors (Lipinski definition) is 4. The number of fused-ring (bicyclic) bond motifs is 4. The Bertz CT molecular complexity index is 1860. The largest absolute Gasteiger partial charge is 0.497 e. The molecule has 0 radical (unpaired) electrons. The topological polar surface area (TPSA) is 164 Å². The summed E-state index contributed by atoms with van der Waals surface area (Å²) in [4.78, 5) is 26.3. The number of ether oxygens (including phenoxy) is 2. The van der Waals surface area contributed by atoms with E-state index in [1.54, 1.807) is 18.9 Å². The van der Waals surface area contributed by atoms with Crippen LogP contribution in [0.3, 0.4) is 0 Å². The number of rotatable bonds is 4. The third-order valence-electron chi connectivity index (χ3n) is 10.2. The zero-order valence-electron chi connectivity index (χ0n) is 27.7. The lowest BCUT2D eigenvalue weighted by molar-refractivity contribution is 0.0847. The molecular formula is C36H44N8O4. The van der Waals surface area contributed by atoms with E-state index in [1.807, 2.05) is 36.4 Å². The molecule has 0 amide bonds. The highest BCUT2D eigenvalue weighted by molar-refractivity contribution is 5.91. The summed E-state index contributed by atoms with van der Waals surface area (Å²) >= 11 is 0. The summed E-state index contributed by atoms with van der Waals surface area (Å²) in [6, 6.07) is 11.6. The average Bonchev–Trinajstić information content (AvgIpc) is 3.66. The minimum atomic E-state index is -0.226. The van der Waals surface area contributed by atoms with E-state index in [1.165, 1.54) is 4.68 Å². The molecule has 2 aliphatic carbocycles. The number of hydrogen-bond acceptors (Lipinski definition) is 10. The van der Waals surface area contributed by atoms with Crippen molar-refractivity contribution in [3.05, 3.63) is 70.0 Å². The summed E-state index contributed by atoms with van der Waals surface area (Å²) in [5.74, 6) is 2.18. The van der Waals surface area contributed by atoms with Crippen LogP contribution in [-0.4, -0.2) is 58.7 Å². The number of aromatic nitrogens is 4. The molecule has 12 heteroatoms. The van der Waals surface area contributed by atoms with Gasteiger partial charge in [-0.2, -0.15) is 9.78 Å². The molecule has 2 aromatic heterocycles. The Balaban J connectivity index is 0.000000152. The van der Waals surface area contributed by atoms with E-state index in [9.17, 15) is 9.59 Å². The molecule has 2 aliphatic heterocycles. The fourth-order valence-corrected chi connectivity index (χ4v) is 7.62.